The molecule has 1 aromatic carbocycles. The summed E-state index contributed by atoms with van der Waals surface area (Å²) in [7, 11) is 0. The molecule has 0 aliphatic carbocycles. The Kier molecular flexibility index (Phi) is 4.85. The summed E-state index contributed by atoms with van der Waals surface area (Å²) in [5.41, 5.74) is 1.90. The molecule has 0 saturated carbocycles. The Bertz CT molecular complexity index is 570. The molecule has 4 nitrogen and oxygen atoms in total. The molecule has 0 radical (unpaired) electrons. The van der Waals surface area contributed by atoms with Gasteiger partial charge in [0.25, 0.3) is 5.91 Å². The van der Waals surface area contributed by atoms with Crippen LogP contribution in [0.1, 0.15) is 18.2 Å². The third-order valence-electron chi connectivity index (χ3n) is 2.85. The van der Waals surface area contributed by atoms with Gasteiger partial charge in [0.05, 0.1) is 6.61 Å². The number of anilines is 1. The zero-order valence-electron chi connectivity index (χ0n) is 11.7. The molecule has 2 aromatic rings. The van der Waals surface area contributed by atoms with E-state index in [1.807, 2.05) is 49.4 Å². The second-order valence-corrected chi connectivity index (χ2v) is 4.59. The molecule has 2 rings (SSSR count). The predicted molar refractivity (Wildman–Crippen MR) is 78.3 cm³/mol. The maximum Gasteiger partial charge on any atom is 0.254 e. The Hall–Kier alpha value is -2.20. The van der Waals surface area contributed by atoms with E-state index in [0.29, 0.717) is 12.4 Å². The van der Waals surface area contributed by atoms with Crippen molar-refractivity contribution in [1.82, 2.24) is 4.98 Å². The number of amides is 1. The van der Waals surface area contributed by atoms with Gasteiger partial charge in [-0.3, -0.25) is 4.79 Å². The van der Waals surface area contributed by atoms with Crippen LogP contribution in [0.5, 0.6) is 0 Å². The normalized spacial score (nSPS) is 11.9. The van der Waals surface area contributed by atoms with Gasteiger partial charge in [-0.25, -0.2) is 4.98 Å². The van der Waals surface area contributed by atoms with Gasteiger partial charge >= 0.3 is 0 Å². The number of ether oxygens (including phenoxy) is 1. The largest absolute Gasteiger partial charge is 0.364 e. The van der Waals surface area contributed by atoms with Crippen molar-refractivity contribution in [2.45, 2.75) is 26.6 Å². The van der Waals surface area contributed by atoms with Crippen LogP contribution in [0.25, 0.3) is 0 Å². The maximum absolute atomic E-state index is 12.0. The van der Waals surface area contributed by atoms with E-state index in [1.165, 1.54) is 0 Å². The zero-order valence-corrected chi connectivity index (χ0v) is 11.7. The maximum atomic E-state index is 12.0. The number of nitrogens with zero attached hydrogens (tertiary/aromatic N) is 1. The topological polar surface area (TPSA) is 51.2 Å². The van der Waals surface area contributed by atoms with Crippen molar-refractivity contribution in [2.75, 3.05) is 5.32 Å². The molecule has 0 saturated heterocycles. The van der Waals surface area contributed by atoms with Crippen molar-refractivity contribution in [1.29, 1.82) is 0 Å². The number of hydrogen-bond donors (Lipinski definition) is 1. The summed E-state index contributed by atoms with van der Waals surface area (Å²) < 4.78 is 5.55. The molecule has 20 heavy (non-hydrogen) atoms. The first-order valence-electron chi connectivity index (χ1n) is 6.55. The lowest BCUT2D eigenvalue weighted by atomic mass is 10.2. The smallest absolute Gasteiger partial charge is 0.254 e. The van der Waals surface area contributed by atoms with Crippen LogP contribution in [0.4, 0.5) is 5.82 Å². The van der Waals surface area contributed by atoms with Gasteiger partial charge in [0.15, 0.2) is 0 Å². The van der Waals surface area contributed by atoms with Crippen LogP contribution in [0.15, 0.2) is 48.5 Å². The summed E-state index contributed by atoms with van der Waals surface area (Å²) in [6.45, 7) is 4.02. The van der Waals surface area contributed by atoms with Crippen molar-refractivity contribution in [2.24, 2.45) is 0 Å². The molecule has 0 fully saturated rings. The molecule has 1 atom stereocenters. The van der Waals surface area contributed by atoms with Gasteiger partial charge in [-0.15, -0.1) is 0 Å². The minimum atomic E-state index is -0.530. The van der Waals surface area contributed by atoms with Gasteiger partial charge in [0.1, 0.15) is 11.9 Å². The first-order chi connectivity index (χ1) is 9.65. The van der Waals surface area contributed by atoms with Crippen molar-refractivity contribution in [3.05, 3.63) is 59.8 Å². The lowest BCUT2D eigenvalue weighted by Crippen LogP contribution is -2.28. The summed E-state index contributed by atoms with van der Waals surface area (Å²) >= 11 is 0. The molecule has 1 aromatic heterocycles. The molecule has 0 bridgehead atoms. The SMILES string of the molecule is Cc1cccc(NC(=O)C(C)OCc2ccccc2)n1. The zero-order chi connectivity index (χ0) is 14.4. The average molecular weight is 270 g/mol. The number of hydrogen-bond acceptors (Lipinski definition) is 3. The van der Waals surface area contributed by atoms with Crippen molar-refractivity contribution in [3.8, 4) is 0 Å². The molecule has 1 unspecified atom stereocenters. The van der Waals surface area contributed by atoms with E-state index >= 15 is 0 Å². The van der Waals surface area contributed by atoms with Crippen LogP contribution in [0.3, 0.4) is 0 Å². The van der Waals surface area contributed by atoms with E-state index in [9.17, 15) is 4.79 Å². The molecule has 1 amide bonds. The van der Waals surface area contributed by atoms with E-state index in [0.717, 1.165) is 11.3 Å². The number of pyridine rings is 1. The number of nitrogens with one attached hydrogen (secondary N) is 1. The molecule has 0 aliphatic heterocycles. The van der Waals surface area contributed by atoms with Crippen LogP contribution >= 0.6 is 0 Å². The summed E-state index contributed by atoms with van der Waals surface area (Å²) in [4.78, 5) is 16.2. The Balaban J connectivity index is 1.86. The third-order valence-corrected chi connectivity index (χ3v) is 2.85. The van der Waals surface area contributed by atoms with Gasteiger partial charge in [0, 0.05) is 5.69 Å². The van der Waals surface area contributed by atoms with Crippen LogP contribution in [0.2, 0.25) is 0 Å². The van der Waals surface area contributed by atoms with E-state index in [2.05, 4.69) is 10.3 Å². The van der Waals surface area contributed by atoms with Gasteiger partial charge in [-0.1, -0.05) is 36.4 Å². The lowest BCUT2D eigenvalue weighted by molar-refractivity contribution is -0.127. The second-order valence-electron chi connectivity index (χ2n) is 4.59. The van der Waals surface area contributed by atoms with Crippen molar-refractivity contribution in [3.63, 3.8) is 0 Å². The number of aryl methyl sites for hydroxylation is 1. The third kappa shape index (κ3) is 4.17. The van der Waals surface area contributed by atoms with E-state index < -0.39 is 6.10 Å². The highest BCUT2D eigenvalue weighted by atomic mass is 16.5. The molecular formula is C16H18N2O2. The minimum absolute atomic E-state index is 0.195. The van der Waals surface area contributed by atoms with Crippen LogP contribution in [0, 0.1) is 6.92 Å². The number of carbonyl (C=O) groups is 1. The van der Waals surface area contributed by atoms with Gasteiger partial charge < -0.3 is 10.1 Å². The van der Waals surface area contributed by atoms with Gasteiger partial charge in [-0.05, 0) is 31.5 Å². The number of carbonyl (C=O) groups excluding carboxylic acids is 1. The molecule has 104 valence electrons. The molecule has 1 N–H and O–H groups in total. The van der Waals surface area contributed by atoms with Crippen molar-refractivity contribution >= 4 is 11.7 Å². The highest BCUT2D eigenvalue weighted by Crippen LogP contribution is 2.07. The number of aromatic nitrogens is 1. The van der Waals surface area contributed by atoms with Crippen molar-refractivity contribution < 1.29 is 9.53 Å². The van der Waals surface area contributed by atoms with E-state index in [1.54, 1.807) is 13.0 Å². The monoisotopic (exact) mass is 270 g/mol. The molecule has 0 aliphatic rings. The van der Waals surface area contributed by atoms with Gasteiger partial charge in [-0.2, -0.15) is 0 Å². The first-order valence-corrected chi connectivity index (χ1v) is 6.55. The summed E-state index contributed by atoms with van der Waals surface area (Å²) in [5, 5.41) is 2.74. The Morgan fingerprint density at radius 2 is 1.95 bits per heavy atom. The van der Waals surface area contributed by atoms with Crippen LogP contribution in [-0.2, 0) is 16.1 Å². The second kappa shape index (κ2) is 6.82. The fraction of sp³-hybridized carbons (Fsp3) is 0.250. The molecular weight excluding hydrogens is 252 g/mol. The molecule has 0 spiro atoms. The Morgan fingerprint density at radius 1 is 1.20 bits per heavy atom. The van der Waals surface area contributed by atoms with E-state index in [4.69, 9.17) is 4.74 Å². The van der Waals surface area contributed by atoms with Gasteiger partial charge in [0.2, 0.25) is 0 Å². The average Bonchev–Trinajstić information content (AvgIpc) is 2.46. The van der Waals surface area contributed by atoms with Crippen LogP contribution in [-0.4, -0.2) is 17.0 Å². The predicted octanol–water partition coefficient (Wildman–Crippen LogP) is 2.93. The fourth-order valence-corrected chi connectivity index (χ4v) is 1.71. The highest BCUT2D eigenvalue weighted by Gasteiger charge is 2.14. The lowest BCUT2D eigenvalue weighted by Gasteiger charge is -2.13. The summed E-state index contributed by atoms with van der Waals surface area (Å²) in [6, 6.07) is 15.3. The molecule has 4 heteroatoms. The summed E-state index contributed by atoms with van der Waals surface area (Å²) in [6.07, 6.45) is -0.530. The highest BCUT2D eigenvalue weighted by molar-refractivity contribution is 5.93. The molecule has 1 heterocycles. The quantitative estimate of drug-likeness (QED) is 0.908. The first kappa shape index (κ1) is 14.2. The Morgan fingerprint density at radius 3 is 2.65 bits per heavy atom. The number of rotatable bonds is 5. The fourth-order valence-electron chi connectivity index (χ4n) is 1.71. The van der Waals surface area contributed by atoms with E-state index in [-0.39, 0.29) is 5.91 Å². The Labute approximate surface area is 118 Å². The standard InChI is InChI=1S/C16H18N2O2/c1-12-7-6-10-15(17-12)18-16(19)13(2)20-11-14-8-4-3-5-9-14/h3-10,13H,11H2,1-2H3,(H,17,18,19). The van der Waals surface area contributed by atoms with Crippen LogP contribution < -0.4 is 5.32 Å². The summed E-state index contributed by atoms with van der Waals surface area (Å²) in [5.74, 6) is 0.351. The number of benzene rings is 1. The minimum Gasteiger partial charge on any atom is -0.364 e.